The lowest BCUT2D eigenvalue weighted by Crippen LogP contribution is -2.49. The Morgan fingerprint density at radius 2 is 1.77 bits per heavy atom. The Kier molecular flexibility index (Phi) is 5.46. The highest BCUT2D eigenvalue weighted by Gasteiger charge is 2.32. The Balaban J connectivity index is 1.42. The first-order valence-corrected chi connectivity index (χ1v) is 11.1. The summed E-state index contributed by atoms with van der Waals surface area (Å²) in [5, 5.41) is 2.94. The summed E-state index contributed by atoms with van der Waals surface area (Å²) in [5.41, 5.74) is 12.6. The molecule has 3 heterocycles. The third kappa shape index (κ3) is 4.16. The fourth-order valence-corrected chi connectivity index (χ4v) is 4.97. The van der Waals surface area contributed by atoms with Crippen LogP contribution in [0.1, 0.15) is 18.4 Å². The van der Waals surface area contributed by atoms with Gasteiger partial charge in [0.25, 0.3) is 0 Å². The molecule has 0 saturated carbocycles. The molecular weight excluding hydrogens is 404 g/mol. The Hall–Kier alpha value is -2.95. The van der Waals surface area contributed by atoms with E-state index in [1.807, 2.05) is 0 Å². The van der Waals surface area contributed by atoms with E-state index in [0.29, 0.717) is 37.3 Å². The van der Waals surface area contributed by atoms with Crippen LogP contribution >= 0.6 is 0 Å². The first kappa shape index (κ1) is 20.3. The fraction of sp³-hybridized carbons (Fsp3) is 0.300. The predicted octanol–water partition coefficient (Wildman–Crippen LogP) is 0.857. The number of hydrogen-bond acceptors (Lipinski definition) is 8. The van der Waals surface area contributed by atoms with Gasteiger partial charge in [0.15, 0.2) is 0 Å². The smallest absolute Gasteiger partial charge is 0.243 e. The quantitative estimate of drug-likeness (QED) is 0.642. The van der Waals surface area contributed by atoms with E-state index in [4.69, 9.17) is 16.2 Å². The molecular formula is C20H24N6O3S. The molecule has 5 N–H and O–H groups in total. The Bertz CT molecular complexity index is 1050. The molecule has 9 nitrogen and oxygen atoms in total. The fourth-order valence-electron chi connectivity index (χ4n) is 3.50. The van der Waals surface area contributed by atoms with Crippen molar-refractivity contribution in [2.75, 3.05) is 13.1 Å². The van der Waals surface area contributed by atoms with Crippen LogP contribution < -0.4 is 21.5 Å². The van der Waals surface area contributed by atoms with Crippen LogP contribution in [0, 0.1) is 0 Å². The van der Waals surface area contributed by atoms with E-state index in [9.17, 15) is 8.42 Å². The number of sulfonamides is 1. The summed E-state index contributed by atoms with van der Waals surface area (Å²) in [4.78, 5) is 8.38. The molecule has 158 valence electrons. The average molecular weight is 429 g/mol. The summed E-state index contributed by atoms with van der Waals surface area (Å²) < 4.78 is 33.5. The molecule has 30 heavy (non-hydrogen) atoms. The van der Waals surface area contributed by atoms with E-state index in [1.165, 1.54) is 4.31 Å². The maximum absolute atomic E-state index is 13.0. The molecule has 1 atom stereocenters. The molecule has 4 rings (SSSR count). The van der Waals surface area contributed by atoms with E-state index in [0.717, 1.165) is 5.75 Å². The molecule has 0 amide bonds. The summed E-state index contributed by atoms with van der Waals surface area (Å²) in [6, 6.07) is 9.98. The van der Waals surface area contributed by atoms with Gasteiger partial charge in [-0.2, -0.15) is 4.31 Å². The van der Waals surface area contributed by atoms with Crippen molar-refractivity contribution in [1.29, 1.82) is 0 Å². The van der Waals surface area contributed by atoms with Gasteiger partial charge in [0.05, 0.1) is 4.90 Å². The molecule has 0 bridgehead atoms. The highest BCUT2D eigenvalue weighted by Crippen LogP contribution is 2.26. The number of aromatic nitrogens is 1. The van der Waals surface area contributed by atoms with Crippen molar-refractivity contribution in [2.24, 2.45) is 16.5 Å². The third-order valence-electron chi connectivity index (χ3n) is 5.15. The largest absolute Gasteiger partial charge is 0.490 e. The molecule has 2 aliphatic heterocycles. The van der Waals surface area contributed by atoms with Gasteiger partial charge in [0, 0.05) is 37.2 Å². The van der Waals surface area contributed by atoms with Crippen molar-refractivity contribution in [3.8, 4) is 5.75 Å². The van der Waals surface area contributed by atoms with Gasteiger partial charge in [0.1, 0.15) is 17.7 Å². The number of hydrogen-bond donors (Lipinski definition) is 3. The minimum absolute atomic E-state index is 0.0212. The maximum atomic E-state index is 13.0. The molecule has 1 saturated heterocycles. The van der Waals surface area contributed by atoms with Crippen molar-refractivity contribution >= 4 is 15.9 Å². The molecule has 1 unspecified atom stereocenters. The normalized spacial score (nSPS) is 22.9. The van der Waals surface area contributed by atoms with Crippen LogP contribution in [0.15, 0.2) is 71.0 Å². The first-order chi connectivity index (χ1) is 14.4. The zero-order chi connectivity index (χ0) is 21.2. The maximum Gasteiger partial charge on any atom is 0.243 e. The molecule has 0 aliphatic carbocycles. The van der Waals surface area contributed by atoms with Crippen molar-refractivity contribution in [2.45, 2.75) is 29.6 Å². The summed E-state index contributed by atoms with van der Waals surface area (Å²) in [5.74, 6) is -0.180. The van der Waals surface area contributed by atoms with Crippen LogP contribution in [-0.4, -0.2) is 42.7 Å². The number of amidine groups is 1. The number of benzene rings is 1. The first-order valence-electron chi connectivity index (χ1n) is 9.63. The Morgan fingerprint density at radius 3 is 2.40 bits per heavy atom. The van der Waals surface area contributed by atoms with Crippen molar-refractivity contribution in [1.82, 2.24) is 14.6 Å². The van der Waals surface area contributed by atoms with Crippen LogP contribution in [0.25, 0.3) is 0 Å². The molecule has 2 aliphatic rings. The highest BCUT2D eigenvalue weighted by molar-refractivity contribution is 7.89. The number of pyridine rings is 1. The third-order valence-corrected chi connectivity index (χ3v) is 7.06. The van der Waals surface area contributed by atoms with Gasteiger partial charge in [-0.25, -0.2) is 13.4 Å². The minimum atomic E-state index is -3.60. The molecule has 1 aromatic carbocycles. The molecule has 0 spiro atoms. The molecule has 0 radical (unpaired) electrons. The van der Waals surface area contributed by atoms with Crippen molar-refractivity contribution < 1.29 is 13.2 Å². The monoisotopic (exact) mass is 428 g/mol. The number of piperidine rings is 1. The van der Waals surface area contributed by atoms with Crippen LogP contribution in [0.5, 0.6) is 5.75 Å². The topological polar surface area (TPSA) is 136 Å². The molecule has 1 aromatic heterocycles. The standard InChI is InChI=1S/C20H24N6O3S/c21-19-7-12-24-20(22,25-19)15-1-3-18(4-2-15)30(27,28)26-13-8-17(9-14-26)29-16-5-10-23-11-6-16/h1-7,10-12,17,24H,8-9,13-14,22H2,(H2,21,25). The number of aliphatic imine (C=N–C) groups is 1. The summed E-state index contributed by atoms with van der Waals surface area (Å²) >= 11 is 0. The van der Waals surface area contributed by atoms with Gasteiger partial charge >= 0.3 is 0 Å². The number of ether oxygens (including phenoxy) is 1. The lowest BCUT2D eigenvalue weighted by atomic mass is 10.1. The second-order valence-corrected chi connectivity index (χ2v) is 9.15. The van der Waals surface area contributed by atoms with Gasteiger partial charge in [-0.1, -0.05) is 12.1 Å². The number of nitrogens with two attached hydrogens (primary N) is 2. The van der Waals surface area contributed by atoms with E-state index in [1.54, 1.807) is 61.1 Å². The summed E-state index contributed by atoms with van der Waals surface area (Å²) in [7, 11) is -3.60. The van der Waals surface area contributed by atoms with Crippen LogP contribution in [0.3, 0.4) is 0 Å². The van der Waals surface area contributed by atoms with Crippen molar-refractivity contribution in [3.05, 3.63) is 66.6 Å². The Labute approximate surface area is 175 Å². The SMILES string of the molecule is NC1=NC(N)(c2ccc(S(=O)(=O)N3CCC(Oc4ccncc4)CC3)cc2)NC=C1. The van der Waals surface area contributed by atoms with Gasteiger partial charge in [-0.15, -0.1) is 0 Å². The highest BCUT2D eigenvalue weighted by atomic mass is 32.2. The average Bonchev–Trinajstić information content (AvgIpc) is 2.75. The lowest BCUT2D eigenvalue weighted by molar-refractivity contribution is 0.135. The number of rotatable bonds is 5. The van der Waals surface area contributed by atoms with Gasteiger partial charge in [-0.05, 0) is 43.2 Å². The van der Waals surface area contributed by atoms with Gasteiger partial charge in [-0.3, -0.25) is 10.7 Å². The van der Waals surface area contributed by atoms with E-state index < -0.39 is 15.8 Å². The van der Waals surface area contributed by atoms with Crippen LogP contribution in [0.2, 0.25) is 0 Å². The minimum Gasteiger partial charge on any atom is -0.490 e. The zero-order valence-electron chi connectivity index (χ0n) is 16.3. The zero-order valence-corrected chi connectivity index (χ0v) is 17.1. The molecule has 10 heteroatoms. The second-order valence-electron chi connectivity index (χ2n) is 7.21. The molecule has 2 aromatic rings. The van der Waals surface area contributed by atoms with Crippen LogP contribution in [0.4, 0.5) is 0 Å². The lowest BCUT2D eigenvalue weighted by Gasteiger charge is -2.32. The van der Waals surface area contributed by atoms with E-state index in [-0.39, 0.29) is 11.0 Å². The van der Waals surface area contributed by atoms with Crippen molar-refractivity contribution in [3.63, 3.8) is 0 Å². The van der Waals surface area contributed by atoms with Gasteiger partial charge < -0.3 is 15.8 Å². The number of nitrogens with zero attached hydrogens (tertiary/aromatic N) is 3. The predicted molar refractivity (Wildman–Crippen MR) is 113 cm³/mol. The second kappa shape index (κ2) is 8.05. The van der Waals surface area contributed by atoms with Crippen LogP contribution in [-0.2, 0) is 15.8 Å². The number of nitrogens with one attached hydrogen (secondary N) is 1. The Morgan fingerprint density at radius 1 is 1.10 bits per heavy atom. The summed E-state index contributed by atoms with van der Waals surface area (Å²) in [6.45, 7) is 0.793. The van der Waals surface area contributed by atoms with E-state index in [2.05, 4.69) is 15.3 Å². The summed E-state index contributed by atoms with van der Waals surface area (Å²) in [6.07, 6.45) is 7.78. The van der Waals surface area contributed by atoms with E-state index >= 15 is 0 Å². The van der Waals surface area contributed by atoms with Gasteiger partial charge in [0.2, 0.25) is 15.8 Å². The molecule has 1 fully saturated rings.